The number of oxime groups is 1. The van der Waals surface area contributed by atoms with E-state index in [2.05, 4.69) is 19.0 Å². The second-order valence-electron chi connectivity index (χ2n) is 7.89. The molecule has 1 aliphatic rings. The van der Waals surface area contributed by atoms with Crippen molar-refractivity contribution in [1.82, 2.24) is 4.90 Å². The Balaban J connectivity index is 1.71. The third-order valence-electron chi connectivity index (χ3n) is 5.02. The second-order valence-corrected chi connectivity index (χ2v) is 7.89. The zero-order valence-electron chi connectivity index (χ0n) is 18.1. The van der Waals surface area contributed by atoms with Gasteiger partial charge in [0.05, 0.1) is 26.5 Å². The molecule has 1 amide bonds. The number of hydrogen-bond donors (Lipinski definition) is 0. The van der Waals surface area contributed by atoms with Gasteiger partial charge in [-0.3, -0.25) is 4.79 Å². The first-order chi connectivity index (χ1) is 14.5. The van der Waals surface area contributed by atoms with E-state index in [1.165, 1.54) is 0 Å². The smallest absolute Gasteiger partial charge is 0.223 e. The normalized spacial score (nSPS) is 15.5. The number of amides is 1. The summed E-state index contributed by atoms with van der Waals surface area (Å²) in [6, 6.07) is 15.6. The Morgan fingerprint density at radius 1 is 1.17 bits per heavy atom. The lowest BCUT2D eigenvalue weighted by atomic mass is 10.0. The highest BCUT2D eigenvalue weighted by Crippen LogP contribution is 2.25. The van der Waals surface area contributed by atoms with Crippen molar-refractivity contribution in [2.75, 3.05) is 20.8 Å². The summed E-state index contributed by atoms with van der Waals surface area (Å²) in [4.78, 5) is 20.5. The van der Waals surface area contributed by atoms with Crippen molar-refractivity contribution in [3.63, 3.8) is 0 Å². The maximum absolute atomic E-state index is 12.9. The first kappa shape index (κ1) is 21.7. The fraction of sp³-hybridized carbons (Fsp3) is 0.417. The van der Waals surface area contributed by atoms with Crippen LogP contribution in [0.5, 0.6) is 11.5 Å². The van der Waals surface area contributed by atoms with Crippen molar-refractivity contribution in [2.24, 2.45) is 11.1 Å². The van der Waals surface area contributed by atoms with Gasteiger partial charge in [0.15, 0.2) is 6.10 Å². The predicted octanol–water partition coefficient (Wildman–Crippen LogP) is 4.27. The SMILES string of the molecule is COc1cccc(CN(C[C@H]2CC(c3ccccc3OC)=NO2)C(=O)CC(C)C)c1. The van der Waals surface area contributed by atoms with E-state index in [1.54, 1.807) is 14.2 Å². The third-order valence-corrected chi connectivity index (χ3v) is 5.02. The van der Waals surface area contributed by atoms with Crippen molar-refractivity contribution in [2.45, 2.75) is 39.3 Å². The van der Waals surface area contributed by atoms with Crippen molar-refractivity contribution >= 4 is 11.6 Å². The average Bonchev–Trinajstić information content (AvgIpc) is 3.21. The summed E-state index contributed by atoms with van der Waals surface area (Å²) in [7, 11) is 3.29. The molecule has 1 aliphatic heterocycles. The van der Waals surface area contributed by atoms with Gasteiger partial charge in [0.25, 0.3) is 0 Å². The number of methoxy groups -OCH3 is 2. The molecule has 0 aromatic heterocycles. The molecule has 0 fully saturated rings. The molecule has 0 saturated carbocycles. The van der Waals surface area contributed by atoms with E-state index in [1.807, 2.05) is 53.4 Å². The quantitative estimate of drug-likeness (QED) is 0.619. The molecule has 3 rings (SSSR count). The van der Waals surface area contributed by atoms with Crippen LogP contribution in [-0.2, 0) is 16.2 Å². The van der Waals surface area contributed by atoms with Crippen LogP contribution in [0.3, 0.4) is 0 Å². The van der Waals surface area contributed by atoms with Gasteiger partial charge in [0.2, 0.25) is 5.91 Å². The van der Waals surface area contributed by atoms with Gasteiger partial charge in [-0.2, -0.15) is 0 Å². The highest BCUT2D eigenvalue weighted by atomic mass is 16.6. The maximum atomic E-state index is 12.9. The molecule has 0 bridgehead atoms. The van der Waals surface area contributed by atoms with Gasteiger partial charge < -0.3 is 19.2 Å². The molecule has 0 aliphatic carbocycles. The first-order valence-corrected chi connectivity index (χ1v) is 10.3. The summed E-state index contributed by atoms with van der Waals surface area (Å²) in [5.41, 5.74) is 2.79. The van der Waals surface area contributed by atoms with Gasteiger partial charge in [-0.25, -0.2) is 0 Å². The highest BCUT2D eigenvalue weighted by Gasteiger charge is 2.28. The zero-order chi connectivity index (χ0) is 21.5. The molecule has 2 aromatic rings. The fourth-order valence-corrected chi connectivity index (χ4v) is 3.54. The summed E-state index contributed by atoms with van der Waals surface area (Å²) in [6.45, 7) is 5.09. The number of para-hydroxylation sites is 1. The van der Waals surface area contributed by atoms with E-state index in [-0.39, 0.29) is 17.9 Å². The Kier molecular flexibility index (Phi) is 7.33. The van der Waals surface area contributed by atoms with E-state index < -0.39 is 0 Å². The standard InChI is InChI=1S/C24H30N2O4/c1-17(2)12-24(27)26(15-18-8-7-9-19(13-18)28-3)16-20-14-22(25-30-20)21-10-5-6-11-23(21)29-4/h5-11,13,17,20H,12,14-16H2,1-4H3/t20-/m1/s1. The molecule has 6 nitrogen and oxygen atoms in total. The Labute approximate surface area is 178 Å². The van der Waals surface area contributed by atoms with E-state index in [9.17, 15) is 4.79 Å². The van der Waals surface area contributed by atoms with Crippen LogP contribution >= 0.6 is 0 Å². The minimum atomic E-state index is -0.188. The number of carbonyl (C=O) groups is 1. The average molecular weight is 411 g/mol. The summed E-state index contributed by atoms with van der Waals surface area (Å²) < 4.78 is 10.8. The molecule has 6 heteroatoms. The Morgan fingerprint density at radius 3 is 2.70 bits per heavy atom. The lowest BCUT2D eigenvalue weighted by molar-refractivity contribution is -0.134. The number of ether oxygens (including phenoxy) is 2. The van der Waals surface area contributed by atoms with Crippen LogP contribution in [0.25, 0.3) is 0 Å². The van der Waals surface area contributed by atoms with Gasteiger partial charge in [-0.15, -0.1) is 0 Å². The Morgan fingerprint density at radius 2 is 1.97 bits per heavy atom. The predicted molar refractivity (Wildman–Crippen MR) is 117 cm³/mol. The van der Waals surface area contributed by atoms with Crippen LogP contribution < -0.4 is 9.47 Å². The number of nitrogens with zero attached hydrogens (tertiary/aromatic N) is 2. The topological polar surface area (TPSA) is 60.4 Å². The lowest BCUT2D eigenvalue weighted by Gasteiger charge is -2.26. The van der Waals surface area contributed by atoms with Crippen molar-refractivity contribution in [1.29, 1.82) is 0 Å². The molecule has 0 spiro atoms. The summed E-state index contributed by atoms with van der Waals surface area (Å²) in [5.74, 6) is 1.95. The van der Waals surface area contributed by atoms with Crippen LogP contribution in [0.1, 0.15) is 37.8 Å². The van der Waals surface area contributed by atoms with Crippen molar-refractivity contribution < 1.29 is 19.1 Å². The van der Waals surface area contributed by atoms with E-state index >= 15 is 0 Å². The molecular weight excluding hydrogens is 380 g/mol. The molecule has 0 saturated heterocycles. The van der Waals surface area contributed by atoms with Crippen molar-refractivity contribution in [3.8, 4) is 11.5 Å². The van der Waals surface area contributed by atoms with E-state index in [4.69, 9.17) is 14.3 Å². The molecule has 2 aromatic carbocycles. The molecule has 30 heavy (non-hydrogen) atoms. The van der Waals surface area contributed by atoms with Gasteiger partial charge >= 0.3 is 0 Å². The number of rotatable bonds is 9. The largest absolute Gasteiger partial charge is 0.497 e. The maximum Gasteiger partial charge on any atom is 0.223 e. The first-order valence-electron chi connectivity index (χ1n) is 10.3. The monoisotopic (exact) mass is 410 g/mol. The van der Waals surface area contributed by atoms with Gasteiger partial charge in [0.1, 0.15) is 11.5 Å². The van der Waals surface area contributed by atoms with E-state index in [0.717, 1.165) is 28.3 Å². The van der Waals surface area contributed by atoms with Crippen LogP contribution in [0, 0.1) is 5.92 Å². The molecule has 1 atom stereocenters. The number of hydrogen-bond acceptors (Lipinski definition) is 5. The van der Waals surface area contributed by atoms with Crippen LogP contribution in [0.4, 0.5) is 0 Å². The number of benzene rings is 2. The molecule has 0 unspecified atom stereocenters. The van der Waals surface area contributed by atoms with E-state index in [0.29, 0.717) is 25.9 Å². The molecule has 0 N–H and O–H groups in total. The summed E-state index contributed by atoms with van der Waals surface area (Å²) >= 11 is 0. The van der Waals surface area contributed by atoms with Crippen molar-refractivity contribution in [3.05, 3.63) is 59.7 Å². The molecular formula is C24H30N2O4. The minimum absolute atomic E-state index is 0.113. The van der Waals surface area contributed by atoms with Gasteiger partial charge in [-0.05, 0) is 35.7 Å². The molecule has 160 valence electrons. The number of carbonyl (C=O) groups excluding carboxylic acids is 1. The lowest BCUT2D eigenvalue weighted by Crippen LogP contribution is -2.37. The van der Waals surface area contributed by atoms with Crippen LogP contribution in [0.2, 0.25) is 0 Å². The second kappa shape index (κ2) is 10.1. The molecule has 0 radical (unpaired) electrons. The summed E-state index contributed by atoms with van der Waals surface area (Å²) in [5, 5.41) is 4.28. The summed E-state index contributed by atoms with van der Waals surface area (Å²) in [6.07, 6.45) is 0.938. The van der Waals surface area contributed by atoms with Crippen LogP contribution in [-0.4, -0.2) is 43.4 Å². The van der Waals surface area contributed by atoms with Crippen LogP contribution in [0.15, 0.2) is 53.7 Å². The zero-order valence-corrected chi connectivity index (χ0v) is 18.1. The Bertz CT molecular complexity index is 894. The minimum Gasteiger partial charge on any atom is -0.497 e. The third kappa shape index (κ3) is 5.53. The van der Waals surface area contributed by atoms with Gasteiger partial charge in [0, 0.05) is 24.9 Å². The Hall–Kier alpha value is -3.02. The molecule has 1 heterocycles. The van der Waals surface area contributed by atoms with Gasteiger partial charge in [-0.1, -0.05) is 43.3 Å². The highest BCUT2D eigenvalue weighted by molar-refractivity contribution is 6.03. The fourth-order valence-electron chi connectivity index (χ4n) is 3.54.